The van der Waals surface area contributed by atoms with E-state index in [1.807, 2.05) is 32.6 Å². The smallest absolute Gasteiger partial charge is 0.410 e. The predicted molar refractivity (Wildman–Crippen MR) is 117 cm³/mol. The van der Waals surface area contributed by atoms with Crippen molar-refractivity contribution in [1.82, 2.24) is 9.88 Å². The Balaban J connectivity index is 1.59. The number of nitrogens with zero attached hydrogens (tertiary/aromatic N) is 3. The maximum atomic E-state index is 13.6. The second kappa shape index (κ2) is 7.74. The van der Waals surface area contributed by atoms with Gasteiger partial charge in [-0.1, -0.05) is 11.6 Å². The van der Waals surface area contributed by atoms with Gasteiger partial charge in [-0.3, -0.25) is 0 Å². The number of piperazine rings is 1. The molecule has 0 aliphatic carbocycles. The lowest BCUT2D eigenvalue weighted by Crippen LogP contribution is -2.54. The zero-order valence-corrected chi connectivity index (χ0v) is 18.8. The Morgan fingerprint density at radius 1 is 1.33 bits per heavy atom. The summed E-state index contributed by atoms with van der Waals surface area (Å²) in [6, 6.07) is 7.06. The summed E-state index contributed by atoms with van der Waals surface area (Å²) in [5.41, 5.74) is 1.36. The standard InChI is InChI=1S/C21H23ClFN3O3S/c1-12-11-25(20(27)29-21(2,3)4)7-8-26(12)19-24-15-10-13(22)9-14(18(15)28-19)16-5-6-17(23)30-16/h5-6,9-10,12H,7-8,11H2,1-4H3/t12-/m0/s1. The number of amides is 1. The summed E-state index contributed by atoms with van der Waals surface area (Å²) in [7, 11) is 0. The van der Waals surface area contributed by atoms with Crippen LogP contribution in [0.5, 0.6) is 0 Å². The quantitative estimate of drug-likeness (QED) is 0.493. The Bertz CT molecular complexity index is 1090. The van der Waals surface area contributed by atoms with E-state index in [1.165, 1.54) is 6.07 Å². The Morgan fingerprint density at radius 3 is 2.73 bits per heavy atom. The number of carbonyl (C=O) groups is 1. The Labute approximate surface area is 183 Å². The summed E-state index contributed by atoms with van der Waals surface area (Å²) in [4.78, 5) is 21.5. The number of anilines is 1. The van der Waals surface area contributed by atoms with Crippen LogP contribution < -0.4 is 4.90 Å². The largest absolute Gasteiger partial charge is 0.444 e. The minimum Gasteiger partial charge on any atom is -0.444 e. The number of hydrogen-bond acceptors (Lipinski definition) is 6. The van der Waals surface area contributed by atoms with E-state index < -0.39 is 5.60 Å². The van der Waals surface area contributed by atoms with Crippen molar-refractivity contribution in [2.24, 2.45) is 0 Å². The molecule has 1 fully saturated rings. The van der Waals surface area contributed by atoms with E-state index in [9.17, 15) is 9.18 Å². The first-order chi connectivity index (χ1) is 14.1. The fourth-order valence-electron chi connectivity index (χ4n) is 3.49. The van der Waals surface area contributed by atoms with Crippen molar-refractivity contribution in [3.63, 3.8) is 0 Å². The zero-order chi connectivity index (χ0) is 21.6. The van der Waals surface area contributed by atoms with Crippen molar-refractivity contribution in [2.45, 2.75) is 39.3 Å². The molecule has 0 radical (unpaired) electrons. The van der Waals surface area contributed by atoms with Gasteiger partial charge in [-0.2, -0.15) is 9.37 Å². The number of rotatable bonds is 2. The monoisotopic (exact) mass is 451 g/mol. The normalized spacial score (nSPS) is 17.6. The second-order valence-corrected chi connectivity index (χ2v) is 9.84. The maximum absolute atomic E-state index is 13.6. The van der Waals surface area contributed by atoms with Crippen LogP contribution in [0.3, 0.4) is 0 Å². The lowest BCUT2D eigenvalue weighted by atomic mass is 10.1. The average Bonchev–Trinajstić information content (AvgIpc) is 3.25. The molecule has 1 aliphatic heterocycles. The van der Waals surface area contributed by atoms with Crippen LogP contribution in [0.15, 0.2) is 28.7 Å². The van der Waals surface area contributed by atoms with Crippen molar-refractivity contribution in [1.29, 1.82) is 0 Å². The van der Waals surface area contributed by atoms with Gasteiger partial charge in [0.25, 0.3) is 6.01 Å². The molecular formula is C21H23ClFN3O3S. The Kier molecular flexibility index (Phi) is 5.40. The van der Waals surface area contributed by atoms with Crippen molar-refractivity contribution < 1.29 is 18.3 Å². The predicted octanol–water partition coefficient (Wildman–Crippen LogP) is 5.79. The SMILES string of the molecule is C[C@H]1CN(C(=O)OC(C)(C)C)CCN1c1nc2cc(Cl)cc(-c3ccc(F)s3)c2o1. The molecule has 0 N–H and O–H groups in total. The fraction of sp³-hybridized carbons (Fsp3) is 0.429. The summed E-state index contributed by atoms with van der Waals surface area (Å²) in [5, 5.41) is 0.235. The van der Waals surface area contributed by atoms with E-state index in [-0.39, 0.29) is 17.3 Å². The topological polar surface area (TPSA) is 58.8 Å². The highest BCUT2D eigenvalue weighted by atomic mass is 35.5. The maximum Gasteiger partial charge on any atom is 0.410 e. The number of thiophene rings is 1. The number of benzene rings is 1. The third-order valence-electron chi connectivity index (χ3n) is 4.81. The minimum atomic E-state index is -0.533. The number of carbonyl (C=O) groups excluding carboxylic acids is 1. The molecule has 1 saturated heterocycles. The third-order valence-corrected chi connectivity index (χ3v) is 5.93. The first kappa shape index (κ1) is 20.9. The molecule has 4 rings (SSSR count). The number of ether oxygens (including phenoxy) is 1. The zero-order valence-electron chi connectivity index (χ0n) is 17.2. The number of fused-ring (bicyclic) bond motifs is 1. The summed E-state index contributed by atoms with van der Waals surface area (Å²) in [6.07, 6.45) is -0.319. The first-order valence-corrected chi connectivity index (χ1v) is 10.9. The average molecular weight is 452 g/mol. The highest BCUT2D eigenvalue weighted by Gasteiger charge is 2.32. The highest BCUT2D eigenvalue weighted by Crippen LogP contribution is 2.38. The molecule has 160 valence electrons. The van der Waals surface area contributed by atoms with Crippen LogP contribution in [0.2, 0.25) is 5.02 Å². The molecule has 0 bridgehead atoms. The molecular weight excluding hydrogens is 429 g/mol. The molecule has 1 atom stereocenters. The number of oxazole rings is 1. The van der Waals surface area contributed by atoms with E-state index in [0.29, 0.717) is 47.3 Å². The summed E-state index contributed by atoms with van der Waals surface area (Å²) in [5.74, 6) is 0. The molecule has 2 aromatic heterocycles. The van der Waals surface area contributed by atoms with Gasteiger partial charge in [0.1, 0.15) is 11.1 Å². The van der Waals surface area contributed by atoms with Crippen molar-refractivity contribution in [3.05, 3.63) is 34.4 Å². The van der Waals surface area contributed by atoms with E-state index in [2.05, 4.69) is 4.98 Å². The van der Waals surface area contributed by atoms with Crippen LogP contribution in [0.25, 0.3) is 21.5 Å². The van der Waals surface area contributed by atoms with Gasteiger partial charge in [-0.05, 0) is 52.0 Å². The molecule has 0 saturated carbocycles. The Morgan fingerprint density at radius 2 is 2.10 bits per heavy atom. The van der Waals surface area contributed by atoms with Crippen LogP contribution in [0, 0.1) is 5.13 Å². The van der Waals surface area contributed by atoms with Gasteiger partial charge in [0, 0.05) is 41.1 Å². The molecule has 0 spiro atoms. The van der Waals surface area contributed by atoms with Crippen molar-refractivity contribution in [3.8, 4) is 10.4 Å². The van der Waals surface area contributed by atoms with Crippen LogP contribution in [0.4, 0.5) is 15.2 Å². The van der Waals surface area contributed by atoms with E-state index >= 15 is 0 Å². The molecule has 1 amide bonds. The molecule has 30 heavy (non-hydrogen) atoms. The third kappa shape index (κ3) is 4.25. The van der Waals surface area contributed by atoms with Gasteiger partial charge in [0.05, 0.1) is 0 Å². The first-order valence-electron chi connectivity index (χ1n) is 9.71. The molecule has 9 heteroatoms. The number of aromatic nitrogens is 1. The lowest BCUT2D eigenvalue weighted by molar-refractivity contribution is 0.0216. The van der Waals surface area contributed by atoms with E-state index in [4.69, 9.17) is 20.8 Å². The van der Waals surface area contributed by atoms with Crippen molar-refractivity contribution >= 4 is 46.1 Å². The molecule has 3 aromatic rings. The number of hydrogen-bond donors (Lipinski definition) is 0. The summed E-state index contributed by atoms with van der Waals surface area (Å²) in [6.45, 7) is 9.12. The molecule has 3 heterocycles. The molecule has 6 nitrogen and oxygen atoms in total. The number of halogens is 2. The minimum absolute atomic E-state index is 0.0163. The van der Waals surface area contributed by atoms with E-state index in [1.54, 1.807) is 23.1 Å². The van der Waals surface area contributed by atoms with Crippen molar-refractivity contribution in [2.75, 3.05) is 24.5 Å². The van der Waals surface area contributed by atoms with Gasteiger partial charge >= 0.3 is 6.09 Å². The summed E-state index contributed by atoms with van der Waals surface area (Å²) < 4.78 is 25.1. The van der Waals surface area contributed by atoms with Crippen LogP contribution in [-0.2, 0) is 4.74 Å². The van der Waals surface area contributed by atoms with Crippen LogP contribution in [0.1, 0.15) is 27.7 Å². The highest BCUT2D eigenvalue weighted by molar-refractivity contribution is 7.14. The van der Waals surface area contributed by atoms with Gasteiger partial charge in [0.15, 0.2) is 10.7 Å². The van der Waals surface area contributed by atoms with Crippen LogP contribution in [-0.4, -0.2) is 47.3 Å². The van der Waals surface area contributed by atoms with Gasteiger partial charge in [-0.15, -0.1) is 11.3 Å². The molecule has 1 aromatic carbocycles. The van der Waals surface area contributed by atoms with E-state index in [0.717, 1.165) is 16.2 Å². The molecule has 0 unspecified atom stereocenters. The lowest BCUT2D eigenvalue weighted by Gasteiger charge is -2.39. The van der Waals surface area contributed by atoms with Crippen LogP contribution >= 0.6 is 22.9 Å². The van der Waals surface area contributed by atoms with Gasteiger partial charge in [0.2, 0.25) is 0 Å². The fourth-order valence-corrected chi connectivity index (χ4v) is 4.44. The second-order valence-electron chi connectivity index (χ2n) is 8.37. The van der Waals surface area contributed by atoms with Gasteiger partial charge < -0.3 is 19.0 Å². The summed E-state index contributed by atoms with van der Waals surface area (Å²) >= 11 is 7.30. The molecule has 1 aliphatic rings. The van der Waals surface area contributed by atoms with Gasteiger partial charge in [-0.25, -0.2) is 4.79 Å². The Hall–Kier alpha value is -2.32.